The number of rotatable bonds is 6. The maximum absolute atomic E-state index is 12.7. The summed E-state index contributed by atoms with van der Waals surface area (Å²) in [6.07, 6.45) is 0. The monoisotopic (exact) mass is 360 g/mol. The van der Waals surface area contributed by atoms with E-state index in [1.54, 1.807) is 24.3 Å². The lowest BCUT2D eigenvalue weighted by Gasteiger charge is -2.17. The third-order valence-corrected chi connectivity index (χ3v) is 5.30. The molecule has 0 aliphatic carbocycles. The van der Waals surface area contributed by atoms with E-state index in [0.717, 1.165) is 16.7 Å². The molecule has 5 nitrogen and oxygen atoms in total. The van der Waals surface area contributed by atoms with E-state index < -0.39 is 10.0 Å². The Morgan fingerprint density at radius 3 is 2.28 bits per heavy atom. The molecule has 0 saturated carbocycles. The van der Waals surface area contributed by atoms with Crippen LogP contribution in [0.15, 0.2) is 47.4 Å². The molecule has 0 bridgehead atoms. The molecule has 0 aliphatic heterocycles. The van der Waals surface area contributed by atoms with Crippen LogP contribution < -0.4 is 10.0 Å². The topological polar surface area (TPSA) is 75.3 Å². The summed E-state index contributed by atoms with van der Waals surface area (Å²) >= 11 is 0. The van der Waals surface area contributed by atoms with Gasteiger partial charge in [-0.25, -0.2) is 8.42 Å². The van der Waals surface area contributed by atoms with E-state index in [4.69, 9.17) is 0 Å². The van der Waals surface area contributed by atoms with Crippen LogP contribution in [0.5, 0.6) is 0 Å². The Bertz CT molecular complexity index is 857. The first-order valence-corrected chi connectivity index (χ1v) is 9.64. The largest absolute Gasteiger partial charge is 0.352 e. The van der Waals surface area contributed by atoms with E-state index in [-0.39, 0.29) is 16.7 Å². The number of aryl methyl sites for hydroxylation is 1. The molecular formula is C19H24N2O3S. The average molecular weight is 360 g/mol. The van der Waals surface area contributed by atoms with Crippen molar-refractivity contribution in [3.63, 3.8) is 0 Å². The SMILES string of the molecule is CC(=O)NCc1ccc(S(=O)(=O)Nc2c(C)cccc2C(C)C)cc1. The van der Waals surface area contributed by atoms with Gasteiger partial charge in [-0.1, -0.05) is 44.2 Å². The first-order chi connectivity index (χ1) is 11.7. The molecular weight excluding hydrogens is 336 g/mol. The van der Waals surface area contributed by atoms with Gasteiger partial charge in [-0.2, -0.15) is 0 Å². The smallest absolute Gasteiger partial charge is 0.261 e. The van der Waals surface area contributed by atoms with Gasteiger partial charge in [-0.15, -0.1) is 0 Å². The van der Waals surface area contributed by atoms with Crippen LogP contribution in [0.4, 0.5) is 5.69 Å². The Kier molecular flexibility index (Phi) is 5.85. The Morgan fingerprint density at radius 2 is 1.72 bits per heavy atom. The molecule has 2 rings (SSSR count). The van der Waals surface area contributed by atoms with E-state index in [0.29, 0.717) is 12.2 Å². The van der Waals surface area contributed by atoms with E-state index in [1.165, 1.54) is 6.92 Å². The zero-order valence-corrected chi connectivity index (χ0v) is 15.8. The fraction of sp³-hybridized carbons (Fsp3) is 0.316. The Labute approximate surface area is 149 Å². The van der Waals surface area contributed by atoms with Crippen molar-refractivity contribution < 1.29 is 13.2 Å². The highest BCUT2D eigenvalue weighted by Crippen LogP contribution is 2.29. The molecule has 0 heterocycles. The summed E-state index contributed by atoms with van der Waals surface area (Å²) in [5.41, 5.74) is 3.33. The second-order valence-electron chi connectivity index (χ2n) is 6.35. The number of carbonyl (C=O) groups is 1. The summed E-state index contributed by atoms with van der Waals surface area (Å²) in [6.45, 7) is 7.77. The molecule has 0 atom stereocenters. The first kappa shape index (κ1) is 19.0. The number of hydrogen-bond acceptors (Lipinski definition) is 3. The van der Waals surface area contributed by atoms with Crippen molar-refractivity contribution in [2.75, 3.05) is 4.72 Å². The van der Waals surface area contributed by atoms with Crippen molar-refractivity contribution in [2.24, 2.45) is 0 Å². The molecule has 0 spiro atoms. The third-order valence-electron chi connectivity index (χ3n) is 3.94. The Hall–Kier alpha value is -2.34. The van der Waals surface area contributed by atoms with Crippen LogP contribution in [0.2, 0.25) is 0 Å². The molecule has 0 radical (unpaired) electrons. The molecule has 134 valence electrons. The van der Waals surface area contributed by atoms with Gasteiger partial charge < -0.3 is 5.32 Å². The van der Waals surface area contributed by atoms with Crippen molar-refractivity contribution in [1.82, 2.24) is 5.32 Å². The minimum absolute atomic E-state index is 0.126. The summed E-state index contributed by atoms with van der Waals surface area (Å²) in [7, 11) is -3.68. The van der Waals surface area contributed by atoms with Gasteiger partial charge in [0.2, 0.25) is 5.91 Å². The Balaban J connectivity index is 2.27. The van der Waals surface area contributed by atoms with Gasteiger partial charge in [0.1, 0.15) is 0 Å². The lowest BCUT2D eigenvalue weighted by atomic mass is 9.99. The maximum Gasteiger partial charge on any atom is 0.261 e. The number of carbonyl (C=O) groups excluding carboxylic acids is 1. The summed E-state index contributed by atoms with van der Waals surface area (Å²) in [4.78, 5) is 11.1. The van der Waals surface area contributed by atoms with E-state index >= 15 is 0 Å². The molecule has 2 aromatic carbocycles. The highest BCUT2D eigenvalue weighted by Gasteiger charge is 2.18. The van der Waals surface area contributed by atoms with Crippen LogP contribution in [0.25, 0.3) is 0 Å². The maximum atomic E-state index is 12.7. The van der Waals surface area contributed by atoms with E-state index in [1.807, 2.05) is 39.0 Å². The van der Waals surface area contributed by atoms with Crippen LogP contribution in [0.3, 0.4) is 0 Å². The molecule has 0 aliphatic rings. The van der Waals surface area contributed by atoms with Gasteiger partial charge >= 0.3 is 0 Å². The third kappa shape index (κ3) is 4.82. The van der Waals surface area contributed by atoms with Gasteiger partial charge in [0.15, 0.2) is 0 Å². The van der Waals surface area contributed by atoms with Crippen molar-refractivity contribution in [3.8, 4) is 0 Å². The van der Waals surface area contributed by atoms with Gasteiger partial charge in [0.05, 0.1) is 10.6 Å². The van der Waals surface area contributed by atoms with Gasteiger partial charge in [0.25, 0.3) is 10.0 Å². The standard InChI is InChI=1S/C19H24N2O3S/c1-13(2)18-7-5-6-14(3)19(18)21-25(23,24)17-10-8-16(9-11-17)12-20-15(4)22/h5-11,13,21H,12H2,1-4H3,(H,20,22). The highest BCUT2D eigenvalue weighted by molar-refractivity contribution is 7.92. The molecule has 6 heteroatoms. The van der Waals surface area contributed by atoms with Gasteiger partial charge in [-0.05, 0) is 41.7 Å². The highest BCUT2D eigenvalue weighted by atomic mass is 32.2. The molecule has 1 amide bonds. The van der Waals surface area contributed by atoms with Crippen LogP contribution in [0.1, 0.15) is 43.4 Å². The van der Waals surface area contributed by atoms with E-state index in [9.17, 15) is 13.2 Å². The first-order valence-electron chi connectivity index (χ1n) is 8.16. The van der Waals surface area contributed by atoms with Crippen LogP contribution in [-0.2, 0) is 21.4 Å². The predicted molar refractivity (Wildman–Crippen MR) is 100 cm³/mol. The molecule has 0 unspecified atom stereocenters. The Morgan fingerprint density at radius 1 is 1.08 bits per heavy atom. The van der Waals surface area contributed by atoms with Gasteiger partial charge in [0, 0.05) is 13.5 Å². The minimum atomic E-state index is -3.68. The number of amides is 1. The fourth-order valence-corrected chi connectivity index (χ4v) is 3.68. The number of sulfonamides is 1. The van der Waals surface area contributed by atoms with Gasteiger partial charge in [-0.3, -0.25) is 9.52 Å². The molecule has 0 aromatic heterocycles. The normalized spacial score (nSPS) is 11.4. The second kappa shape index (κ2) is 7.70. The summed E-state index contributed by atoms with van der Waals surface area (Å²) < 4.78 is 28.2. The van der Waals surface area contributed by atoms with Crippen LogP contribution in [-0.4, -0.2) is 14.3 Å². The lowest BCUT2D eigenvalue weighted by molar-refractivity contribution is -0.119. The zero-order valence-electron chi connectivity index (χ0n) is 15.0. The summed E-state index contributed by atoms with van der Waals surface area (Å²) in [5.74, 6) is 0.0803. The number of hydrogen-bond donors (Lipinski definition) is 2. The molecule has 0 fully saturated rings. The van der Waals surface area contributed by atoms with Crippen molar-refractivity contribution in [1.29, 1.82) is 0 Å². The predicted octanol–water partition coefficient (Wildman–Crippen LogP) is 3.56. The van der Waals surface area contributed by atoms with E-state index in [2.05, 4.69) is 10.0 Å². The second-order valence-corrected chi connectivity index (χ2v) is 8.04. The fourth-order valence-electron chi connectivity index (χ4n) is 2.52. The number of nitrogens with one attached hydrogen (secondary N) is 2. The quantitative estimate of drug-likeness (QED) is 0.827. The molecule has 25 heavy (non-hydrogen) atoms. The van der Waals surface area contributed by atoms with Crippen molar-refractivity contribution >= 4 is 21.6 Å². The average Bonchev–Trinajstić information content (AvgIpc) is 2.55. The number of benzene rings is 2. The zero-order chi connectivity index (χ0) is 18.6. The van der Waals surface area contributed by atoms with Crippen LogP contribution in [0, 0.1) is 6.92 Å². The minimum Gasteiger partial charge on any atom is -0.352 e. The van der Waals surface area contributed by atoms with Crippen molar-refractivity contribution in [2.45, 2.75) is 45.1 Å². The number of anilines is 1. The number of para-hydroxylation sites is 1. The summed E-state index contributed by atoms with van der Waals surface area (Å²) in [5, 5.41) is 2.68. The van der Waals surface area contributed by atoms with Crippen molar-refractivity contribution in [3.05, 3.63) is 59.2 Å². The molecule has 2 N–H and O–H groups in total. The van der Waals surface area contributed by atoms with Crippen LogP contribution >= 0.6 is 0 Å². The molecule has 0 saturated heterocycles. The summed E-state index contributed by atoms with van der Waals surface area (Å²) in [6, 6.07) is 12.3. The lowest BCUT2D eigenvalue weighted by Crippen LogP contribution is -2.19. The molecule has 2 aromatic rings.